The zero-order chi connectivity index (χ0) is 12.3. The molecule has 0 unspecified atom stereocenters. The molecule has 1 heterocycles. The van der Waals surface area contributed by atoms with Crippen LogP contribution in [0.5, 0.6) is 0 Å². The topological polar surface area (TPSA) is 76.2 Å². The molecule has 7 heteroatoms. The smallest absolute Gasteiger partial charge is 0.314 e. The van der Waals surface area contributed by atoms with Crippen molar-refractivity contribution in [3.05, 3.63) is 28.7 Å². The fraction of sp³-hybridized carbons (Fsp3) is 0.100. The summed E-state index contributed by atoms with van der Waals surface area (Å²) in [6.45, 7) is 0. The molecule has 1 aromatic carbocycles. The predicted molar refractivity (Wildman–Crippen MR) is 65.8 cm³/mol. The first-order chi connectivity index (χ1) is 8.16. The Morgan fingerprint density at radius 1 is 1.47 bits per heavy atom. The lowest BCUT2D eigenvalue weighted by atomic mass is 10.2. The standard InChI is InChI=1S/C10H7BrN2O3S/c11-7-4-2-1-3-6(7)9-12-10(16-13-9)17-5-8(14)15/h1-4H,5H2,(H,14,15). The Kier molecular flexibility index (Phi) is 3.80. The number of carboxylic acids is 1. The van der Waals surface area contributed by atoms with Crippen molar-refractivity contribution in [3.8, 4) is 11.4 Å². The van der Waals surface area contributed by atoms with E-state index in [4.69, 9.17) is 9.63 Å². The summed E-state index contributed by atoms with van der Waals surface area (Å²) >= 11 is 4.38. The van der Waals surface area contributed by atoms with E-state index in [1.807, 2.05) is 24.3 Å². The Morgan fingerprint density at radius 3 is 2.94 bits per heavy atom. The second kappa shape index (κ2) is 5.33. The molecule has 2 rings (SSSR count). The molecule has 1 N–H and O–H groups in total. The number of halogens is 1. The van der Waals surface area contributed by atoms with Crippen LogP contribution in [0.1, 0.15) is 0 Å². The highest BCUT2D eigenvalue weighted by atomic mass is 79.9. The van der Waals surface area contributed by atoms with Gasteiger partial charge in [0, 0.05) is 10.0 Å². The van der Waals surface area contributed by atoms with Crippen LogP contribution in [0.4, 0.5) is 0 Å². The van der Waals surface area contributed by atoms with Crippen molar-refractivity contribution in [2.45, 2.75) is 5.22 Å². The van der Waals surface area contributed by atoms with Gasteiger partial charge in [0.2, 0.25) is 5.82 Å². The zero-order valence-electron chi connectivity index (χ0n) is 8.46. The Morgan fingerprint density at radius 2 is 2.24 bits per heavy atom. The summed E-state index contributed by atoms with van der Waals surface area (Å²) in [6, 6.07) is 7.46. The van der Waals surface area contributed by atoms with Crippen LogP contribution in [0.3, 0.4) is 0 Å². The summed E-state index contributed by atoms with van der Waals surface area (Å²) in [5, 5.41) is 12.6. The van der Waals surface area contributed by atoms with Gasteiger partial charge in [-0.15, -0.1) is 0 Å². The number of hydrogen-bond donors (Lipinski definition) is 1. The van der Waals surface area contributed by atoms with Gasteiger partial charge in [-0.25, -0.2) is 0 Å². The summed E-state index contributed by atoms with van der Waals surface area (Å²) < 4.78 is 5.80. The second-order valence-corrected chi connectivity index (χ2v) is 4.83. The Hall–Kier alpha value is -1.34. The molecule has 0 aliphatic heterocycles. The number of rotatable bonds is 4. The maximum Gasteiger partial charge on any atom is 0.314 e. The average Bonchev–Trinajstić information content (AvgIpc) is 2.75. The molecule has 0 radical (unpaired) electrons. The lowest BCUT2D eigenvalue weighted by Gasteiger charge is -1.96. The van der Waals surface area contributed by atoms with Crippen molar-refractivity contribution in [3.63, 3.8) is 0 Å². The van der Waals surface area contributed by atoms with Gasteiger partial charge in [0.25, 0.3) is 5.22 Å². The summed E-state index contributed by atoms with van der Waals surface area (Å²) in [4.78, 5) is 14.5. The first-order valence-corrected chi connectivity index (χ1v) is 6.38. The van der Waals surface area contributed by atoms with Gasteiger partial charge >= 0.3 is 5.97 Å². The van der Waals surface area contributed by atoms with E-state index >= 15 is 0 Å². The number of carbonyl (C=O) groups is 1. The maximum absolute atomic E-state index is 10.4. The molecule has 0 aliphatic carbocycles. The molecule has 0 bridgehead atoms. The number of hydrogen-bond acceptors (Lipinski definition) is 5. The van der Waals surface area contributed by atoms with Crippen LogP contribution >= 0.6 is 27.7 Å². The lowest BCUT2D eigenvalue weighted by molar-refractivity contribution is -0.133. The van der Waals surface area contributed by atoms with E-state index in [0.717, 1.165) is 21.8 Å². The van der Waals surface area contributed by atoms with Crippen LogP contribution in [0.2, 0.25) is 0 Å². The molecule has 88 valence electrons. The highest BCUT2D eigenvalue weighted by Crippen LogP contribution is 2.27. The van der Waals surface area contributed by atoms with Crippen molar-refractivity contribution in [1.29, 1.82) is 0 Å². The lowest BCUT2D eigenvalue weighted by Crippen LogP contribution is -1.97. The van der Waals surface area contributed by atoms with Gasteiger partial charge in [-0.3, -0.25) is 4.79 Å². The van der Waals surface area contributed by atoms with E-state index in [2.05, 4.69) is 26.1 Å². The number of carboxylic acid groups (broad SMARTS) is 1. The van der Waals surface area contributed by atoms with E-state index in [-0.39, 0.29) is 11.0 Å². The number of nitrogens with zero attached hydrogens (tertiary/aromatic N) is 2. The maximum atomic E-state index is 10.4. The monoisotopic (exact) mass is 314 g/mol. The Bertz CT molecular complexity index is 544. The SMILES string of the molecule is O=C(O)CSc1nc(-c2ccccc2Br)no1. The minimum absolute atomic E-state index is 0.0996. The van der Waals surface area contributed by atoms with E-state index in [0.29, 0.717) is 5.82 Å². The molecule has 0 amide bonds. The first kappa shape index (κ1) is 12.1. The van der Waals surface area contributed by atoms with Gasteiger partial charge in [0.1, 0.15) is 5.75 Å². The Balaban J connectivity index is 2.18. The fourth-order valence-corrected chi connectivity index (χ4v) is 2.09. The van der Waals surface area contributed by atoms with E-state index in [1.165, 1.54) is 0 Å². The third-order valence-corrected chi connectivity index (χ3v) is 3.34. The molecule has 0 saturated heterocycles. The molecule has 2 aromatic rings. The average molecular weight is 315 g/mol. The molecule has 0 atom stereocenters. The normalized spacial score (nSPS) is 10.4. The number of aliphatic carboxylic acids is 1. The van der Waals surface area contributed by atoms with E-state index < -0.39 is 5.97 Å². The van der Waals surface area contributed by atoms with Crippen molar-refractivity contribution in [1.82, 2.24) is 10.1 Å². The molecule has 0 spiro atoms. The van der Waals surface area contributed by atoms with Gasteiger partial charge in [0.05, 0.1) is 0 Å². The van der Waals surface area contributed by atoms with E-state index in [9.17, 15) is 4.79 Å². The molecule has 1 aromatic heterocycles. The molecular weight excluding hydrogens is 308 g/mol. The number of benzene rings is 1. The third kappa shape index (κ3) is 3.07. The molecular formula is C10H7BrN2O3S. The first-order valence-electron chi connectivity index (χ1n) is 4.60. The molecule has 0 aliphatic rings. The zero-order valence-corrected chi connectivity index (χ0v) is 10.9. The van der Waals surface area contributed by atoms with E-state index in [1.54, 1.807) is 0 Å². The van der Waals surface area contributed by atoms with Crippen LogP contribution in [0.25, 0.3) is 11.4 Å². The van der Waals surface area contributed by atoms with Crippen molar-refractivity contribution in [2.24, 2.45) is 0 Å². The summed E-state index contributed by atoms with van der Waals surface area (Å²) in [7, 11) is 0. The van der Waals surface area contributed by atoms with Crippen LogP contribution < -0.4 is 0 Å². The molecule has 0 saturated carbocycles. The summed E-state index contributed by atoms with van der Waals surface area (Å²) in [6.07, 6.45) is 0. The van der Waals surface area contributed by atoms with Crippen molar-refractivity contribution < 1.29 is 14.4 Å². The summed E-state index contributed by atoms with van der Waals surface area (Å²) in [5.74, 6) is -0.585. The molecule has 17 heavy (non-hydrogen) atoms. The van der Waals surface area contributed by atoms with Gasteiger partial charge in [-0.2, -0.15) is 4.98 Å². The van der Waals surface area contributed by atoms with Crippen molar-refractivity contribution in [2.75, 3.05) is 5.75 Å². The van der Waals surface area contributed by atoms with Gasteiger partial charge in [-0.1, -0.05) is 45.0 Å². The quantitative estimate of drug-likeness (QED) is 0.874. The van der Waals surface area contributed by atoms with Crippen LogP contribution in [0, 0.1) is 0 Å². The third-order valence-electron chi connectivity index (χ3n) is 1.84. The Labute approximate surface area is 109 Å². The van der Waals surface area contributed by atoms with Crippen molar-refractivity contribution >= 4 is 33.7 Å². The second-order valence-electron chi connectivity index (χ2n) is 3.05. The van der Waals surface area contributed by atoms with Crippen LogP contribution in [0.15, 0.2) is 38.5 Å². The van der Waals surface area contributed by atoms with Gasteiger partial charge in [-0.05, 0) is 12.1 Å². The van der Waals surface area contributed by atoms with Crippen LogP contribution in [-0.2, 0) is 4.79 Å². The highest BCUT2D eigenvalue weighted by molar-refractivity contribution is 9.10. The molecule has 0 fully saturated rings. The largest absolute Gasteiger partial charge is 0.481 e. The number of thioether (sulfide) groups is 1. The van der Waals surface area contributed by atoms with Gasteiger partial charge < -0.3 is 9.63 Å². The number of aromatic nitrogens is 2. The van der Waals surface area contributed by atoms with Gasteiger partial charge in [0.15, 0.2) is 0 Å². The molecule has 5 nitrogen and oxygen atoms in total. The summed E-state index contributed by atoms with van der Waals surface area (Å²) in [5.41, 5.74) is 0.804. The minimum atomic E-state index is -0.921. The fourth-order valence-electron chi connectivity index (χ4n) is 1.14. The van der Waals surface area contributed by atoms with Crippen LogP contribution in [-0.4, -0.2) is 27.0 Å². The predicted octanol–water partition coefficient (Wildman–Crippen LogP) is 2.68. The highest BCUT2D eigenvalue weighted by Gasteiger charge is 2.12. The minimum Gasteiger partial charge on any atom is -0.481 e.